The minimum absolute atomic E-state index is 0.00408. The molecule has 26 heavy (non-hydrogen) atoms. The van der Waals surface area contributed by atoms with E-state index in [1.807, 2.05) is 18.2 Å². The quantitative estimate of drug-likeness (QED) is 0.475. The van der Waals surface area contributed by atoms with Gasteiger partial charge in [0, 0.05) is 0 Å². The van der Waals surface area contributed by atoms with Crippen LogP contribution in [0.4, 0.5) is 0 Å². The van der Waals surface area contributed by atoms with Gasteiger partial charge in [-0.3, -0.25) is 14.4 Å². The van der Waals surface area contributed by atoms with Gasteiger partial charge in [-0.05, 0) is 5.56 Å². The van der Waals surface area contributed by atoms with Gasteiger partial charge in [-0.25, -0.2) is 0 Å². The number of nitrogens with zero attached hydrogens (tertiary/aromatic N) is 1. The van der Waals surface area contributed by atoms with Gasteiger partial charge >= 0.3 is 0 Å². The molecule has 4 atom stereocenters. The Labute approximate surface area is 178 Å². The molecule has 2 fully saturated rings. The van der Waals surface area contributed by atoms with Crippen molar-refractivity contribution in [3.8, 4) is 0 Å². The molecule has 3 aliphatic rings. The number of hydroxylamine groups is 2. The van der Waals surface area contributed by atoms with Crippen molar-refractivity contribution < 1.29 is 14.4 Å². The summed E-state index contributed by atoms with van der Waals surface area (Å²) in [5.41, 5.74) is 0.771. The molecule has 2 aliphatic carbocycles. The van der Waals surface area contributed by atoms with Crippen LogP contribution in [0.3, 0.4) is 0 Å². The fraction of sp³-hybridized carbons (Fsp3) is 0.375. The first-order valence-electron chi connectivity index (χ1n) is 7.46. The molecule has 0 radical (unpaired) electrons. The average molecular weight is 476 g/mol. The van der Waals surface area contributed by atoms with E-state index in [-0.39, 0.29) is 16.7 Å². The molecule has 1 heterocycles. The maximum atomic E-state index is 12.9. The molecule has 138 valence electrons. The third-order valence-electron chi connectivity index (χ3n) is 5.07. The van der Waals surface area contributed by atoms with Crippen LogP contribution in [-0.4, -0.2) is 31.0 Å². The molecule has 0 unspecified atom stereocenters. The molecule has 2 amide bonds. The van der Waals surface area contributed by atoms with E-state index in [0.717, 1.165) is 5.56 Å². The third kappa shape index (κ3) is 1.99. The van der Waals surface area contributed by atoms with E-state index in [4.69, 9.17) is 74.4 Å². The van der Waals surface area contributed by atoms with Crippen molar-refractivity contribution in [3.63, 3.8) is 0 Å². The lowest BCUT2D eigenvalue weighted by Gasteiger charge is -2.34. The molecule has 1 saturated heterocycles. The SMILES string of the molecule is O=C1[C@@H]2[C@@H](C(=O)N1OCc1ccccc1)[C@]1(Cl)C(Cl)=C(Cl)[C@]2(Cl)C1(Cl)Cl. The largest absolute Gasteiger partial charge is 0.272 e. The smallest absolute Gasteiger partial charge is 0.259 e. The molecule has 1 aromatic rings. The van der Waals surface area contributed by atoms with Gasteiger partial charge in [0.1, 0.15) is 16.4 Å². The molecule has 2 bridgehead atoms. The van der Waals surface area contributed by atoms with Crippen LogP contribution in [0.5, 0.6) is 0 Å². The number of imide groups is 1. The lowest BCUT2D eigenvalue weighted by molar-refractivity contribution is -0.193. The first-order chi connectivity index (χ1) is 12.1. The molecule has 0 aromatic heterocycles. The minimum Gasteiger partial charge on any atom is -0.272 e. The highest BCUT2D eigenvalue weighted by Crippen LogP contribution is 2.77. The molecule has 10 heteroatoms. The number of allylic oxidation sites excluding steroid dienone is 2. The highest BCUT2D eigenvalue weighted by Gasteiger charge is 2.87. The zero-order valence-electron chi connectivity index (χ0n) is 12.7. The van der Waals surface area contributed by atoms with Crippen LogP contribution in [0.15, 0.2) is 40.4 Å². The maximum absolute atomic E-state index is 12.9. The van der Waals surface area contributed by atoms with Gasteiger partial charge in [0.25, 0.3) is 11.8 Å². The van der Waals surface area contributed by atoms with Gasteiger partial charge in [0.05, 0.1) is 21.9 Å². The van der Waals surface area contributed by atoms with Crippen LogP contribution < -0.4 is 0 Å². The lowest BCUT2D eigenvalue weighted by Crippen LogP contribution is -2.49. The number of carbonyl (C=O) groups is 2. The fourth-order valence-corrected chi connectivity index (χ4v) is 6.74. The Morgan fingerprint density at radius 1 is 0.885 bits per heavy atom. The number of halogens is 6. The molecular formula is C16H9Cl6NO3. The summed E-state index contributed by atoms with van der Waals surface area (Å²) in [5.74, 6) is -3.78. The average Bonchev–Trinajstić information content (AvgIpc) is 2.99. The Morgan fingerprint density at radius 2 is 1.35 bits per heavy atom. The predicted molar refractivity (Wildman–Crippen MR) is 100 cm³/mol. The van der Waals surface area contributed by atoms with E-state index < -0.39 is 37.7 Å². The van der Waals surface area contributed by atoms with Gasteiger partial charge in [-0.1, -0.05) is 76.7 Å². The van der Waals surface area contributed by atoms with Crippen LogP contribution in [0.25, 0.3) is 0 Å². The lowest BCUT2D eigenvalue weighted by atomic mass is 9.84. The molecule has 4 rings (SSSR count). The van der Waals surface area contributed by atoms with Crippen LogP contribution in [0.1, 0.15) is 5.56 Å². The summed E-state index contributed by atoms with van der Waals surface area (Å²) in [6.45, 7) is 0.00408. The van der Waals surface area contributed by atoms with Crippen LogP contribution in [0.2, 0.25) is 0 Å². The third-order valence-corrected chi connectivity index (χ3v) is 9.33. The molecule has 1 aromatic carbocycles. The van der Waals surface area contributed by atoms with Crippen molar-refractivity contribution in [2.45, 2.75) is 20.7 Å². The summed E-state index contributed by atoms with van der Waals surface area (Å²) < 4.78 is -1.94. The van der Waals surface area contributed by atoms with Crippen LogP contribution in [0, 0.1) is 11.8 Å². The number of carbonyl (C=O) groups excluding carboxylic acids is 2. The Kier molecular flexibility index (Phi) is 4.34. The van der Waals surface area contributed by atoms with Crippen molar-refractivity contribution in [1.82, 2.24) is 5.06 Å². The van der Waals surface area contributed by atoms with E-state index in [0.29, 0.717) is 5.06 Å². The highest BCUT2D eigenvalue weighted by atomic mass is 35.5. The summed E-state index contributed by atoms with van der Waals surface area (Å²) >= 11 is 38.4. The van der Waals surface area contributed by atoms with E-state index in [1.54, 1.807) is 12.1 Å². The Balaban J connectivity index is 1.70. The molecule has 1 aliphatic heterocycles. The second-order valence-corrected chi connectivity index (χ2v) is 9.59. The van der Waals surface area contributed by atoms with Crippen molar-refractivity contribution in [2.75, 3.05) is 0 Å². The fourth-order valence-electron chi connectivity index (χ4n) is 3.81. The van der Waals surface area contributed by atoms with E-state index in [9.17, 15) is 9.59 Å². The monoisotopic (exact) mass is 473 g/mol. The normalized spacial score (nSPS) is 37.7. The Hall–Kier alpha value is -0.200. The van der Waals surface area contributed by atoms with Crippen molar-refractivity contribution in [3.05, 3.63) is 46.0 Å². The summed E-state index contributed by atoms with van der Waals surface area (Å²) in [5, 5.41) is 0.389. The van der Waals surface area contributed by atoms with Crippen LogP contribution in [-0.2, 0) is 21.0 Å². The predicted octanol–water partition coefficient (Wildman–Crippen LogP) is 4.56. The highest BCUT2D eigenvalue weighted by molar-refractivity contribution is 6.66. The van der Waals surface area contributed by atoms with Crippen molar-refractivity contribution in [2.24, 2.45) is 11.8 Å². The van der Waals surface area contributed by atoms with Gasteiger partial charge in [0.15, 0.2) is 4.33 Å². The molecule has 4 nitrogen and oxygen atoms in total. The summed E-state index contributed by atoms with van der Waals surface area (Å²) in [6, 6.07) is 9.03. The standard InChI is InChI=1S/C16H9Cl6NO3/c17-10-11(18)15(20)9-8(14(10,19)16(15,21)22)12(24)23(13(9)25)26-6-7-4-2-1-3-5-7/h1-5,8-9H,6H2/t8-,9-,14-,15-/m0/s1. The topological polar surface area (TPSA) is 46.6 Å². The molecular weight excluding hydrogens is 467 g/mol. The summed E-state index contributed by atoms with van der Waals surface area (Å²) in [6.07, 6.45) is 0. The second kappa shape index (κ2) is 5.90. The molecule has 0 spiro atoms. The Bertz CT molecular complexity index is 813. The van der Waals surface area contributed by atoms with E-state index in [2.05, 4.69) is 0 Å². The summed E-state index contributed by atoms with van der Waals surface area (Å²) in [4.78, 5) is 27.6. The first-order valence-corrected chi connectivity index (χ1v) is 9.73. The first kappa shape index (κ1) is 19.1. The van der Waals surface area contributed by atoms with E-state index in [1.165, 1.54) is 0 Å². The number of hydrogen-bond acceptors (Lipinski definition) is 3. The molecule has 0 N–H and O–H groups in total. The number of benzene rings is 1. The van der Waals surface area contributed by atoms with Crippen molar-refractivity contribution >= 4 is 81.4 Å². The number of rotatable bonds is 3. The summed E-state index contributed by atoms with van der Waals surface area (Å²) in [7, 11) is 0. The second-order valence-electron chi connectivity index (χ2n) is 6.31. The van der Waals surface area contributed by atoms with E-state index >= 15 is 0 Å². The zero-order valence-corrected chi connectivity index (χ0v) is 17.2. The number of fused-ring (bicyclic) bond motifs is 5. The molecule has 1 saturated carbocycles. The minimum atomic E-state index is -1.94. The zero-order chi connectivity index (χ0) is 19.1. The number of hydrogen-bond donors (Lipinski definition) is 0. The Morgan fingerprint density at radius 3 is 1.81 bits per heavy atom. The number of alkyl halides is 4. The van der Waals surface area contributed by atoms with Crippen LogP contribution >= 0.6 is 69.6 Å². The van der Waals surface area contributed by atoms with Crippen molar-refractivity contribution in [1.29, 1.82) is 0 Å². The number of amides is 2. The van der Waals surface area contributed by atoms with Gasteiger partial charge in [-0.2, -0.15) is 5.06 Å². The van der Waals surface area contributed by atoms with Gasteiger partial charge in [-0.15, -0.1) is 23.2 Å². The van der Waals surface area contributed by atoms with Gasteiger partial charge < -0.3 is 0 Å². The maximum Gasteiger partial charge on any atom is 0.259 e. The van der Waals surface area contributed by atoms with Gasteiger partial charge in [0.2, 0.25) is 0 Å².